The molecule has 0 saturated carbocycles. The van der Waals surface area contributed by atoms with Crippen molar-refractivity contribution in [1.82, 2.24) is 14.9 Å². The number of carbonyl (C=O) groups excluding carboxylic acids is 2. The standard InChI is InChI=1S/C30H34F3N7O4/c1-29(2,3)44-28(42)40-12-10-39(11-13-40)19-8-9-23(24(14-19)43-4)37-27-35-17-21(30(31,32)33)26(38-27)34-16-18-6-5-7-22-20(18)15-25(41)36-22/h5-9,14,17H,10-13,15-16H2,1-4H3,(H,36,41)(H2,34,35,37,38). The number of piperazine rings is 1. The molecule has 2 aromatic carbocycles. The van der Waals surface area contributed by atoms with Crippen LogP contribution >= 0.6 is 0 Å². The minimum Gasteiger partial charge on any atom is -0.494 e. The molecule has 14 heteroatoms. The van der Waals surface area contributed by atoms with E-state index in [1.807, 2.05) is 26.8 Å². The number of hydrogen-bond donors (Lipinski definition) is 3. The van der Waals surface area contributed by atoms with Crippen molar-refractivity contribution in [3.05, 3.63) is 59.3 Å². The predicted molar refractivity (Wildman–Crippen MR) is 159 cm³/mol. The summed E-state index contributed by atoms with van der Waals surface area (Å²) in [5, 5.41) is 8.49. The highest BCUT2D eigenvalue weighted by Gasteiger charge is 2.35. The third-order valence-electron chi connectivity index (χ3n) is 7.15. The van der Waals surface area contributed by atoms with Crippen LogP contribution in [-0.4, -0.2) is 65.8 Å². The molecular formula is C30H34F3N7O4. The molecule has 0 unspecified atom stereocenters. The largest absolute Gasteiger partial charge is 0.494 e. The lowest BCUT2D eigenvalue weighted by molar-refractivity contribution is -0.137. The van der Waals surface area contributed by atoms with Crippen molar-refractivity contribution in [1.29, 1.82) is 0 Å². The van der Waals surface area contributed by atoms with Gasteiger partial charge in [0.1, 0.15) is 22.7 Å². The first-order chi connectivity index (χ1) is 20.8. The maximum absolute atomic E-state index is 13.8. The Morgan fingerprint density at radius 2 is 1.84 bits per heavy atom. The molecule has 3 aromatic rings. The molecule has 2 aliphatic heterocycles. The van der Waals surface area contributed by atoms with E-state index in [1.54, 1.807) is 35.2 Å². The van der Waals surface area contributed by atoms with Crippen molar-refractivity contribution in [3.8, 4) is 5.75 Å². The van der Waals surface area contributed by atoms with Gasteiger partial charge in [0, 0.05) is 56.4 Å². The van der Waals surface area contributed by atoms with Crippen molar-refractivity contribution in [2.45, 2.75) is 45.5 Å². The average Bonchev–Trinajstić information content (AvgIpc) is 3.35. The second-order valence-electron chi connectivity index (χ2n) is 11.4. The predicted octanol–water partition coefficient (Wildman–Crippen LogP) is 5.41. The van der Waals surface area contributed by atoms with E-state index in [1.165, 1.54) is 7.11 Å². The van der Waals surface area contributed by atoms with E-state index < -0.39 is 23.2 Å². The van der Waals surface area contributed by atoms with Crippen molar-refractivity contribution in [2.24, 2.45) is 0 Å². The first-order valence-corrected chi connectivity index (χ1v) is 14.1. The summed E-state index contributed by atoms with van der Waals surface area (Å²) in [6, 6.07) is 10.6. The van der Waals surface area contributed by atoms with E-state index in [9.17, 15) is 22.8 Å². The highest BCUT2D eigenvalue weighted by atomic mass is 19.4. The maximum Gasteiger partial charge on any atom is 0.421 e. The number of fused-ring (bicyclic) bond motifs is 1. The lowest BCUT2D eigenvalue weighted by Crippen LogP contribution is -2.50. The third-order valence-corrected chi connectivity index (χ3v) is 7.15. The highest BCUT2D eigenvalue weighted by Crippen LogP contribution is 2.36. The molecule has 44 heavy (non-hydrogen) atoms. The fourth-order valence-electron chi connectivity index (χ4n) is 5.02. The van der Waals surface area contributed by atoms with Crippen LogP contribution in [-0.2, 0) is 28.7 Å². The summed E-state index contributed by atoms with van der Waals surface area (Å²) >= 11 is 0. The van der Waals surface area contributed by atoms with Gasteiger partial charge in [0.05, 0.1) is 19.2 Å². The summed E-state index contributed by atoms with van der Waals surface area (Å²) in [7, 11) is 1.49. The molecule has 0 spiro atoms. The van der Waals surface area contributed by atoms with Crippen LogP contribution in [0.5, 0.6) is 5.75 Å². The van der Waals surface area contributed by atoms with Gasteiger partial charge in [-0.3, -0.25) is 4.79 Å². The van der Waals surface area contributed by atoms with E-state index in [2.05, 4.69) is 30.8 Å². The molecule has 3 N–H and O–H groups in total. The maximum atomic E-state index is 13.8. The number of aromatic nitrogens is 2. The van der Waals surface area contributed by atoms with Crippen LogP contribution in [0.4, 0.5) is 46.8 Å². The Morgan fingerprint density at radius 1 is 1.09 bits per heavy atom. The van der Waals surface area contributed by atoms with Gasteiger partial charge in [0.2, 0.25) is 11.9 Å². The summed E-state index contributed by atoms with van der Waals surface area (Å²) in [4.78, 5) is 36.1. The summed E-state index contributed by atoms with van der Waals surface area (Å²) in [5.74, 6) is -0.192. The lowest BCUT2D eigenvalue weighted by Gasteiger charge is -2.37. The zero-order valence-corrected chi connectivity index (χ0v) is 24.8. The first kappa shape index (κ1) is 30.7. The topological polar surface area (TPSA) is 121 Å². The molecule has 1 fully saturated rings. The van der Waals surface area contributed by atoms with E-state index in [0.29, 0.717) is 48.9 Å². The molecule has 1 aromatic heterocycles. The van der Waals surface area contributed by atoms with Gasteiger partial charge in [-0.05, 0) is 50.1 Å². The van der Waals surface area contributed by atoms with E-state index in [-0.39, 0.29) is 30.9 Å². The highest BCUT2D eigenvalue weighted by molar-refractivity contribution is 5.99. The summed E-state index contributed by atoms with van der Waals surface area (Å²) < 4.78 is 52.5. The molecule has 0 radical (unpaired) electrons. The Labute approximate surface area is 252 Å². The van der Waals surface area contributed by atoms with Gasteiger partial charge >= 0.3 is 12.3 Å². The normalized spacial score (nSPS) is 15.0. The van der Waals surface area contributed by atoms with Gasteiger partial charge in [0.15, 0.2) is 0 Å². The third kappa shape index (κ3) is 7.06. The van der Waals surface area contributed by atoms with Gasteiger partial charge in [-0.1, -0.05) is 12.1 Å². The molecule has 5 rings (SSSR count). The number of nitrogens with zero attached hydrogens (tertiary/aromatic N) is 4. The van der Waals surface area contributed by atoms with Crippen LogP contribution < -0.4 is 25.6 Å². The van der Waals surface area contributed by atoms with E-state index in [4.69, 9.17) is 9.47 Å². The average molecular weight is 614 g/mol. The molecule has 1 saturated heterocycles. The van der Waals surface area contributed by atoms with E-state index >= 15 is 0 Å². The monoisotopic (exact) mass is 613 g/mol. The minimum absolute atomic E-state index is 0.0247. The molecule has 234 valence electrons. The second-order valence-corrected chi connectivity index (χ2v) is 11.4. The van der Waals surface area contributed by atoms with Crippen LogP contribution in [0.15, 0.2) is 42.6 Å². The number of hydrogen-bond acceptors (Lipinski definition) is 9. The van der Waals surface area contributed by atoms with Crippen LogP contribution in [0.3, 0.4) is 0 Å². The van der Waals surface area contributed by atoms with Gasteiger partial charge in [-0.25, -0.2) is 9.78 Å². The number of rotatable bonds is 7. The van der Waals surface area contributed by atoms with Crippen molar-refractivity contribution >= 4 is 40.8 Å². The zero-order chi connectivity index (χ0) is 31.6. The quantitative estimate of drug-likeness (QED) is 0.321. The Kier molecular flexibility index (Phi) is 8.44. The number of benzene rings is 2. The second kappa shape index (κ2) is 12.1. The number of carbonyl (C=O) groups is 2. The van der Waals surface area contributed by atoms with Crippen LogP contribution in [0.1, 0.15) is 37.5 Å². The Hall–Kier alpha value is -4.75. The minimum atomic E-state index is -4.69. The summed E-state index contributed by atoms with van der Waals surface area (Å²) in [6.07, 6.45) is -4.16. The zero-order valence-electron chi connectivity index (χ0n) is 24.8. The number of amides is 2. The molecule has 0 aliphatic carbocycles. The molecular weight excluding hydrogens is 579 g/mol. The molecule has 0 atom stereocenters. The van der Waals surface area contributed by atoms with Crippen LogP contribution in [0.25, 0.3) is 0 Å². The molecule has 2 aliphatic rings. The number of halogens is 3. The number of anilines is 5. The fraction of sp³-hybridized carbons (Fsp3) is 0.400. The van der Waals surface area contributed by atoms with Crippen molar-refractivity contribution in [2.75, 3.05) is 54.1 Å². The van der Waals surface area contributed by atoms with Crippen LogP contribution in [0, 0.1) is 0 Å². The van der Waals surface area contributed by atoms with Gasteiger partial charge in [-0.15, -0.1) is 0 Å². The van der Waals surface area contributed by atoms with Gasteiger partial charge in [0.25, 0.3) is 0 Å². The molecule has 11 nitrogen and oxygen atoms in total. The smallest absolute Gasteiger partial charge is 0.421 e. The number of ether oxygens (including phenoxy) is 2. The van der Waals surface area contributed by atoms with Crippen molar-refractivity contribution < 1.29 is 32.2 Å². The summed E-state index contributed by atoms with van der Waals surface area (Å²) in [6.45, 7) is 7.66. The SMILES string of the molecule is COc1cc(N2CCN(C(=O)OC(C)(C)C)CC2)ccc1Nc1ncc(C(F)(F)F)c(NCc2cccc3c2CC(=O)N3)n1. The number of alkyl halides is 3. The Balaban J connectivity index is 1.30. The van der Waals surface area contributed by atoms with Crippen LogP contribution in [0.2, 0.25) is 0 Å². The van der Waals surface area contributed by atoms with E-state index in [0.717, 1.165) is 17.4 Å². The van der Waals surface area contributed by atoms with Gasteiger partial charge < -0.3 is 35.2 Å². The molecule has 2 amide bonds. The fourth-order valence-corrected chi connectivity index (χ4v) is 5.02. The molecule has 3 heterocycles. The Bertz CT molecular complexity index is 1550. The Morgan fingerprint density at radius 3 is 2.52 bits per heavy atom. The van der Waals surface area contributed by atoms with Gasteiger partial charge in [-0.2, -0.15) is 18.2 Å². The number of methoxy groups -OCH3 is 1. The van der Waals surface area contributed by atoms with Crippen molar-refractivity contribution in [3.63, 3.8) is 0 Å². The first-order valence-electron chi connectivity index (χ1n) is 14.1. The summed E-state index contributed by atoms with van der Waals surface area (Å²) in [5.41, 5.74) is 1.80. The molecule has 0 bridgehead atoms. The lowest BCUT2D eigenvalue weighted by atomic mass is 10.0. The number of nitrogens with one attached hydrogen (secondary N) is 3.